The molecular weight excluding hydrogens is 462 g/mol. The monoisotopic (exact) mass is 507 g/mol. The summed E-state index contributed by atoms with van der Waals surface area (Å²) >= 11 is 0. The Labute approximate surface area is 230 Å². The maximum atomic E-state index is 9.15. The molecule has 0 N–H and O–H groups in total. The molecule has 1 aliphatic carbocycles. The minimum atomic E-state index is 0.0604. The topological polar surface area (TPSA) is 48.8 Å². The lowest BCUT2D eigenvalue weighted by atomic mass is 9.70. The Morgan fingerprint density at radius 2 is 1.16 bits per heavy atom. The van der Waals surface area contributed by atoms with E-state index >= 15 is 0 Å². The first-order chi connectivity index (χ1) is 18.7. The second kappa shape index (κ2) is 14.2. The first kappa shape index (κ1) is 28.0. The molecule has 3 nitrogen and oxygen atoms in total. The molecule has 0 fully saturated rings. The number of azide groups is 1. The molecule has 3 aromatic carbocycles. The largest absolute Gasteiger partial charge is 0.0654 e. The van der Waals surface area contributed by atoms with Gasteiger partial charge in [0.15, 0.2) is 0 Å². The first-order valence-electron chi connectivity index (χ1n) is 15.1. The Bertz CT molecular complexity index is 1210. The van der Waals surface area contributed by atoms with Crippen LogP contribution in [0.2, 0.25) is 0 Å². The zero-order chi connectivity index (χ0) is 26.6. The van der Waals surface area contributed by atoms with Crippen LogP contribution in [0, 0.1) is 0 Å². The summed E-state index contributed by atoms with van der Waals surface area (Å²) in [6.07, 6.45) is 18.3. The fraction of sp³-hybridized carbons (Fsp3) is 0.486. The van der Waals surface area contributed by atoms with Crippen molar-refractivity contribution in [3.63, 3.8) is 0 Å². The van der Waals surface area contributed by atoms with E-state index in [4.69, 9.17) is 5.53 Å². The summed E-state index contributed by atoms with van der Waals surface area (Å²) in [6, 6.07) is 24.1. The molecule has 38 heavy (non-hydrogen) atoms. The summed E-state index contributed by atoms with van der Waals surface area (Å²) in [4.78, 5) is 3.09. The molecule has 0 saturated heterocycles. The number of fused-ring (bicyclic) bond motifs is 3. The van der Waals surface area contributed by atoms with Gasteiger partial charge in [-0.05, 0) is 57.8 Å². The van der Waals surface area contributed by atoms with Gasteiger partial charge in [-0.3, -0.25) is 0 Å². The van der Waals surface area contributed by atoms with Gasteiger partial charge in [-0.15, -0.1) is 0 Å². The van der Waals surface area contributed by atoms with Crippen LogP contribution < -0.4 is 0 Å². The van der Waals surface area contributed by atoms with Crippen LogP contribution in [0.4, 0.5) is 5.69 Å². The highest BCUT2D eigenvalue weighted by molar-refractivity contribution is 5.85. The molecule has 0 radical (unpaired) electrons. The lowest BCUT2D eigenvalue weighted by molar-refractivity contribution is 0.398. The number of benzene rings is 3. The van der Waals surface area contributed by atoms with E-state index in [1.165, 1.54) is 112 Å². The van der Waals surface area contributed by atoms with Crippen molar-refractivity contribution in [2.24, 2.45) is 5.11 Å². The van der Waals surface area contributed by atoms with Crippen LogP contribution in [0.3, 0.4) is 0 Å². The first-order valence-corrected chi connectivity index (χ1v) is 15.1. The Morgan fingerprint density at radius 1 is 0.605 bits per heavy atom. The van der Waals surface area contributed by atoms with Crippen LogP contribution >= 0.6 is 0 Å². The molecule has 0 heterocycles. The van der Waals surface area contributed by atoms with Gasteiger partial charge in [0.05, 0.1) is 0 Å². The van der Waals surface area contributed by atoms with E-state index in [0.29, 0.717) is 5.69 Å². The highest BCUT2D eigenvalue weighted by Crippen LogP contribution is 2.55. The highest BCUT2D eigenvalue weighted by atomic mass is 15.1. The molecule has 3 heteroatoms. The zero-order valence-corrected chi connectivity index (χ0v) is 23.6. The average molecular weight is 508 g/mol. The van der Waals surface area contributed by atoms with Crippen molar-refractivity contribution in [3.8, 4) is 22.3 Å². The SMILES string of the molecule is CCCCCCCCC1(CCCCCCCC)c2ccccc2-c2ccc(-c3ccccc3N=[N+]=[N-])cc21. The summed E-state index contributed by atoms with van der Waals surface area (Å²) < 4.78 is 0. The van der Waals surface area contributed by atoms with Crippen molar-refractivity contribution in [2.45, 2.75) is 109 Å². The number of rotatable bonds is 16. The van der Waals surface area contributed by atoms with Crippen LogP contribution in [-0.2, 0) is 5.41 Å². The normalized spacial score (nSPS) is 13.1. The number of unbranched alkanes of at least 4 members (excludes halogenated alkanes) is 10. The minimum absolute atomic E-state index is 0.0604. The third-order valence-corrected chi connectivity index (χ3v) is 8.55. The number of hydrogen-bond donors (Lipinski definition) is 0. The van der Waals surface area contributed by atoms with Crippen LogP contribution in [0.25, 0.3) is 32.7 Å². The maximum Gasteiger partial charge on any atom is 0.0453 e. The molecule has 200 valence electrons. The molecule has 0 saturated carbocycles. The molecule has 0 aliphatic heterocycles. The van der Waals surface area contributed by atoms with Crippen LogP contribution in [0.1, 0.15) is 115 Å². The van der Waals surface area contributed by atoms with E-state index in [9.17, 15) is 0 Å². The van der Waals surface area contributed by atoms with Gasteiger partial charge in [-0.25, -0.2) is 0 Å². The Kier molecular flexibility index (Phi) is 10.5. The summed E-state index contributed by atoms with van der Waals surface area (Å²) in [5.41, 5.74) is 17.9. The maximum absolute atomic E-state index is 9.15. The van der Waals surface area contributed by atoms with Gasteiger partial charge in [0.1, 0.15) is 0 Å². The standard InChI is InChI=1S/C35H45N3/c1-3-5-7-9-11-17-25-35(26-18-12-10-8-6-4-2)32-21-15-13-20-30(32)31-24-23-28(27-33(31)35)29-19-14-16-22-34(29)37-38-36/h13-16,19-24,27H,3-12,17-18,25-26H2,1-2H3. The van der Waals surface area contributed by atoms with Gasteiger partial charge in [-0.1, -0.05) is 157 Å². The van der Waals surface area contributed by atoms with Crippen molar-refractivity contribution in [1.82, 2.24) is 0 Å². The summed E-state index contributed by atoms with van der Waals surface area (Å²) in [6.45, 7) is 4.58. The second-order valence-electron chi connectivity index (χ2n) is 11.1. The van der Waals surface area contributed by atoms with Crippen molar-refractivity contribution in [2.75, 3.05) is 0 Å². The predicted molar refractivity (Wildman–Crippen MR) is 163 cm³/mol. The lowest BCUT2D eigenvalue weighted by Crippen LogP contribution is -2.25. The second-order valence-corrected chi connectivity index (χ2v) is 11.1. The molecule has 0 bridgehead atoms. The molecular formula is C35H45N3. The van der Waals surface area contributed by atoms with Crippen LogP contribution in [0.15, 0.2) is 71.8 Å². The van der Waals surface area contributed by atoms with Crippen LogP contribution in [0.5, 0.6) is 0 Å². The fourth-order valence-electron chi connectivity index (χ4n) is 6.55. The van der Waals surface area contributed by atoms with Gasteiger partial charge in [0.25, 0.3) is 0 Å². The van der Waals surface area contributed by atoms with Gasteiger partial charge < -0.3 is 0 Å². The average Bonchev–Trinajstić information content (AvgIpc) is 3.22. The lowest BCUT2D eigenvalue weighted by Gasteiger charge is -2.33. The van der Waals surface area contributed by atoms with E-state index in [1.807, 2.05) is 18.2 Å². The smallest absolute Gasteiger partial charge is 0.0453 e. The van der Waals surface area contributed by atoms with Crippen molar-refractivity contribution in [3.05, 3.63) is 88.3 Å². The molecule has 1 aliphatic rings. The molecule has 0 amide bonds. The fourth-order valence-corrected chi connectivity index (χ4v) is 6.55. The van der Waals surface area contributed by atoms with E-state index in [0.717, 1.165) is 11.1 Å². The number of nitrogens with zero attached hydrogens (tertiary/aromatic N) is 3. The highest BCUT2D eigenvalue weighted by Gasteiger charge is 2.42. The summed E-state index contributed by atoms with van der Waals surface area (Å²) in [5.74, 6) is 0. The molecule has 4 rings (SSSR count). The molecule has 0 aromatic heterocycles. The van der Waals surface area contributed by atoms with E-state index in [1.54, 1.807) is 0 Å². The van der Waals surface area contributed by atoms with Crippen molar-refractivity contribution in [1.29, 1.82) is 0 Å². The third kappa shape index (κ3) is 6.33. The molecule has 0 atom stereocenters. The van der Waals surface area contributed by atoms with E-state index in [-0.39, 0.29) is 5.41 Å². The molecule has 3 aromatic rings. The Hall–Kier alpha value is -3.03. The summed E-state index contributed by atoms with van der Waals surface area (Å²) in [5, 5.41) is 4.00. The van der Waals surface area contributed by atoms with Crippen molar-refractivity contribution < 1.29 is 0 Å². The van der Waals surface area contributed by atoms with E-state index < -0.39 is 0 Å². The molecule has 0 spiro atoms. The molecule has 0 unspecified atom stereocenters. The van der Waals surface area contributed by atoms with Crippen LogP contribution in [-0.4, -0.2) is 0 Å². The van der Waals surface area contributed by atoms with Gasteiger partial charge in [0, 0.05) is 16.0 Å². The summed E-state index contributed by atoms with van der Waals surface area (Å²) in [7, 11) is 0. The predicted octanol–water partition coefficient (Wildman–Crippen LogP) is 12.1. The van der Waals surface area contributed by atoms with Crippen molar-refractivity contribution >= 4 is 5.69 Å². The number of hydrogen-bond acceptors (Lipinski definition) is 1. The minimum Gasteiger partial charge on any atom is -0.0654 e. The zero-order valence-electron chi connectivity index (χ0n) is 23.6. The van der Waals surface area contributed by atoms with Gasteiger partial charge in [0.2, 0.25) is 0 Å². The Balaban J connectivity index is 1.71. The van der Waals surface area contributed by atoms with Gasteiger partial charge >= 0.3 is 0 Å². The van der Waals surface area contributed by atoms with Gasteiger partial charge in [-0.2, -0.15) is 0 Å². The third-order valence-electron chi connectivity index (χ3n) is 8.55. The Morgan fingerprint density at radius 3 is 1.82 bits per heavy atom. The van der Waals surface area contributed by atoms with E-state index in [2.05, 4.69) is 72.4 Å². The quantitative estimate of drug-likeness (QED) is 0.0801.